The smallest absolute Gasteiger partial charge is 0.163 e. The number of hydrogen-bond acceptors (Lipinski definition) is 1. The van der Waals surface area contributed by atoms with Crippen molar-refractivity contribution in [3.05, 3.63) is 59.2 Å². The number of ketones is 1. The maximum atomic E-state index is 12.5. The van der Waals surface area contributed by atoms with Crippen LogP contribution in [0.3, 0.4) is 0 Å². The Labute approximate surface area is 131 Å². The van der Waals surface area contributed by atoms with Crippen LogP contribution >= 0.6 is 0 Å². The molecule has 0 heterocycles. The Morgan fingerprint density at radius 3 is 2.86 bits per heavy atom. The average molecular weight is 288 g/mol. The molecule has 22 heavy (non-hydrogen) atoms. The van der Waals surface area contributed by atoms with Gasteiger partial charge in [0.15, 0.2) is 5.78 Å². The van der Waals surface area contributed by atoms with Gasteiger partial charge in [-0.15, -0.1) is 0 Å². The summed E-state index contributed by atoms with van der Waals surface area (Å²) in [6, 6.07) is 10.9. The van der Waals surface area contributed by atoms with Gasteiger partial charge in [-0.2, -0.15) is 0 Å². The van der Waals surface area contributed by atoms with Crippen LogP contribution in [0.1, 0.15) is 47.2 Å². The minimum Gasteiger partial charge on any atom is -0.294 e. The number of aryl methyl sites for hydroxylation is 1. The van der Waals surface area contributed by atoms with E-state index in [0.29, 0.717) is 11.7 Å². The number of allylic oxidation sites excluding steroid dienone is 2. The van der Waals surface area contributed by atoms with Gasteiger partial charge in [0.1, 0.15) is 0 Å². The Kier molecular flexibility index (Phi) is 2.35. The summed E-state index contributed by atoms with van der Waals surface area (Å²) in [6.07, 6.45) is 9.13. The van der Waals surface area contributed by atoms with E-state index in [1.54, 1.807) is 0 Å². The number of benzene rings is 2. The van der Waals surface area contributed by atoms with Crippen molar-refractivity contribution >= 4 is 16.6 Å². The molecule has 0 amide bonds. The monoisotopic (exact) mass is 288 g/mol. The molecule has 2 aromatic rings. The first-order valence-corrected chi connectivity index (χ1v) is 8.43. The lowest BCUT2D eigenvalue weighted by atomic mass is 9.62. The highest BCUT2D eigenvalue weighted by atomic mass is 16.1. The first kappa shape index (κ1) is 12.6. The van der Waals surface area contributed by atoms with Crippen molar-refractivity contribution in [3.8, 4) is 0 Å². The quantitative estimate of drug-likeness (QED) is 0.626. The minimum atomic E-state index is 0.235. The fourth-order valence-corrected chi connectivity index (χ4v) is 5.28. The molecule has 1 spiro atoms. The topological polar surface area (TPSA) is 17.1 Å². The van der Waals surface area contributed by atoms with Gasteiger partial charge in [0.25, 0.3) is 0 Å². The first-order chi connectivity index (χ1) is 10.7. The van der Waals surface area contributed by atoms with Crippen molar-refractivity contribution in [1.82, 2.24) is 0 Å². The molecular weight excluding hydrogens is 268 g/mol. The van der Waals surface area contributed by atoms with E-state index in [1.165, 1.54) is 34.7 Å². The van der Waals surface area contributed by atoms with E-state index < -0.39 is 0 Å². The van der Waals surface area contributed by atoms with Crippen molar-refractivity contribution in [3.63, 3.8) is 0 Å². The normalized spacial score (nSPS) is 32.1. The number of carbonyl (C=O) groups is 1. The van der Waals surface area contributed by atoms with Crippen LogP contribution in [0, 0.1) is 18.8 Å². The van der Waals surface area contributed by atoms with Gasteiger partial charge in [0.05, 0.1) is 0 Å². The molecule has 2 aromatic carbocycles. The van der Waals surface area contributed by atoms with Gasteiger partial charge >= 0.3 is 0 Å². The zero-order valence-corrected chi connectivity index (χ0v) is 12.9. The van der Waals surface area contributed by atoms with Crippen LogP contribution in [0.5, 0.6) is 0 Å². The van der Waals surface area contributed by atoms with Crippen LogP contribution in [-0.2, 0) is 5.41 Å². The molecule has 0 saturated heterocycles. The third-order valence-electron chi connectivity index (χ3n) is 6.38. The van der Waals surface area contributed by atoms with Crippen LogP contribution in [-0.4, -0.2) is 5.78 Å². The van der Waals surface area contributed by atoms with E-state index in [4.69, 9.17) is 0 Å². The van der Waals surface area contributed by atoms with E-state index in [1.807, 2.05) is 0 Å². The predicted octanol–water partition coefficient (Wildman–Crippen LogP) is 4.96. The lowest BCUT2D eigenvalue weighted by Crippen LogP contribution is -2.36. The fraction of sp³-hybridized carbons (Fsp3) is 0.381. The van der Waals surface area contributed by atoms with Crippen molar-refractivity contribution in [2.24, 2.45) is 11.8 Å². The summed E-state index contributed by atoms with van der Waals surface area (Å²) in [5, 5.41) is 2.53. The van der Waals surface area contributed by atoms with E-state index in [2.05, 4.69) is 49.4 Å². The van der Waals surface area contributed by atoms with Crippen LogP contribution in [0.25, 0.3) is 10.8 Å². The minimum absolute atomic E-state index is 0.235. The zero-order valence-electron chi connectivity index (χ0n) is 12.9. The van der Waals surface area contributed by atoms with Gasteiger partial charge < -0.3 is 0 Å². The van der Waals surface area contributed by atoms with Crippen molar-refractivity contribution in [2.75, 3.05) is 0 Å². The molecule has 1 nitrogen and oxygen atoms in total. The summed E-state index contributed by atoms with van der Waals surface area (Å²) in [5.41, 5.74) is 3.90. The standard InChI is InChI=1S/C21H20O/c1-13-3-2-4-15-10-18-19(11-17(13)15)21(8-7-20(18)22)12-14-5-6-16(21)9-14/h2-6,10-11,14,16H,7-9,12H2,1H3. The van der Waals surface area contributed by atoms with Crippen LogP contribution in [0.15, 0.2) is 42.5 Å². The lowest BCUT2D eigenvalue weighted by Gasteiger charge is -2.40. The lowest BCUT2D eigenvalue weighted by molar-refractivity contribution is 0.0944. The van der Waals surface area contributed by atoms with Gasteiger partial charge in [-0.05, 0) is 72.1 Å². The van der Waals surface area contributed by atoms with Crippen molar-refractivity contribution in [1.29, 1.82) is 0 Å². The van der Waals surface area contributed by atoms with E-state index in [0.717, 1.165) is 24.3 Å². The van der Waals surface area contributed by atoms with Crippen LogP contribution in [0.2, 0.25) is 0 Å². The number of Topliss-reactive ketones (excluding diaryl/α,β-unsaturated/α-hetero) is 1. The third kappa shape index (κ3) is 1.47. The number of carbonyl (C=O) groups excluding carboxylic acids is 1. The molecule has 3 aliphatic carbocycles. The first-order valence-electron chi connectivity index (χ1n) is 8.43. The molecule has 0 aromatic heterocycles. The highest BCUT2D eigenvalue weighted by molar-refractivity contribution is 6.03. The van der Waals surface area contributed by atoms with Crippen LogP contribution in [0.4, 0.5) is 0 Å². The molecule has 1 saturated carbocycles. The molecule has 0 aliphatic heterocycles. The largest absolute Gasteiger partial charge is 0.294 e. The van der Waals surface area contributed by atoms with Gasteiger partial charge in [0.2, 0.25) is 0 Å². The van der Waals surface area contributed by atoms with Gasteiger partial charge in [-0.1, -0.05) is 30.4 Å². The molecule has 1 fully saturated rings. The second-order valence-corrected chi connectivity index (χ2v) is 7.46. The van der Waals surface area contributed by atoms with E-state index in [-0.39, 0.29) is 5.41 Å². The second-order valence-electron chi connectivity index (χ2n) is 7.46. The van der Waals surface area contributed by atoms with Gasteiger partial charge in [-0.25, -0.2) is 0 Å². The molecule has 110 valence electrons. The molecule has 5 rings (SSSR count). The molecule has 1 heteroatoms. The average Bonchev–Trinajstić information content (AvgIpc) is 3.12. The second kappa shape index (κ2) is 4.10. The summed E-state index contributed by atoms with van der Waals surface area (Å²) < 4.78 is 0. The number of fused-ring (bicyclic) bond motifs is 6. The maximum Gasteiger partial charge on any atom is 0.163 e. The summed E-state index contributed by atoms with van der Waals surface area (Å²) in [7, 11) is 0. The molecule has 3 atom stereocenters. The number of rotatable bonds is 0. The molecule has 0 radical (unpaired) electrons. The Morgan fingerprint density at radius 2 is 2.09 bits per heavy atom. The summed E-state index contributed by atoms with van der Waals surface area (Å²) in [4.78, 5) is 12.5. The predicted molar refractivity (Wildman–Crippen MR) is 89.3 cm³/mol. The van der Waals surface area contributed by atoms with Crippen molar-refractivity contribution < 1.29 is 4.79 Å². The Morgan fingerprint density at radius 1 is 1.18 bits per heavy atom. The highest BCUT2D eigenvalue weighted by Crippen LogP contribution is 2.58. The Balaban J connectivity index is 1.82. The zero-order chi connectivity index (χ0) is 14.9. The molecule has 3 unspecified atom stereocenters. The number of hydrogen-bond donors (Lipinski definition) is 0. The van der Waals surface area contributed by atoms with E-state index >= 15 is 0 Å². The Hall–Kier alpha value is -1.89. The van der Waals surface area contributed by atoms with Gasteiger partial charge in [-0.3, -0.25) is 4.79 Å². The molecular formula is C21H20O. The van der Waals surface area contributed by atoms with Gasteiger partial charge in [0, 0.05) is 17.4 Å². The maximum absolute atomic E-state index is 12.5. The molecule has 0 N–H and O–H groups in total. The summed E-state index contributed by atoms with van der Waals surface area (Å²) in [6.45, 7) is 2.17. The van der Waals surface area contributed by atoms with Crippen molar-refractivity contribution in [2.45, 2.75) is 38.0 Å². The molecule has 2 bridgehead atoms. The third-order valence-corrected chi connectivity index (χ3v) is 6.38. The SMILES string of the molecule is Cc1cccc2cc3c(cc12)C1(CCC3=O)CC2C=CC1C2. The van der Waals surface area contributed by atoms with Crippen LogP contribution < -0.4 is 0 Å². The Bertz CT molecular complexity index is 844. The molecule has 3 aliphatic rings. The highest BCUT2D eigenvalue weighted by Gasteiger charge is 2.52. The summed E-state index contributed by atoms with van der Waals surface area (Å²) in [5.74, 6) is 1.72. The van der Waals surface area contributed by atoms with E-state index in [9.17, 15) is 4.79 Å². The fourth-order valence-electron chi connectivity index (χ4n) is 5.28. The summed E-state index contributed by atoms with van der Waals surface area (Å²) >= 11 is 0.